The van der Waals surface area contributed by atoms with Crippen molar-refractivity contribution in [3.8, 4) is 0 Å². The third-order valence-corrected chi connectivity index (χ3v) is 2.18. The lowest BCUT2D eigenvalue weighted by Crippen LogP contribution is -2.48. The number of hydrogen-bond donors (Lipinski definition) is 1. The second kappa shape index (κ2) is 4.18. The van der Waals surface area contributed by atoms with Crippen molar-refractivity contribution in [2.24, 2.45) is 0 Å². The fourth-order valence-corrected chi connectivity index (χ4v) is 1.52. The lowest BCUT2D eigenvalue weighted by Gasteiger charge is -2.36. The molecule has 1 heterocycles. The van der Waals surface area contributed by atoms with Gasteiger partial charge >= 0.3 is 0 Å². The van der Waals surface area contributed by atoms with E-state index in [0.717, 1.165) is 0 Å². The molecule has 1 saturated heterocycles. The molecule has 0 aromatic rings. The van der Waals surface area contributed by atoms with E-state index in [9.17, 15) is 5.11 Å². The molecule has 0 saturated carbocycles. The second-order valence-corrected chi connectivity index (χ2v) is 3.01. The van der Waals surface area contributed by atoms with Crippen molar-refractivity contribution in [3.05, 3.63) is 0 Å². The first-order chi connectivity index (χ1) is 5.69. The summed E-state index contributed by atoms with van der Waals surface area (Å²) in [6.45, 7) is 1.86. The first kappa shape index (κ1) is 9.92. The number of hydrogen-bond acceptors (Lipinski definition) is 4. The Labute approximate surface area is 72.4 Å². The maximum atomic E-state index is 9.56. The monoisotopic (exact) mass is 176 g/mol. The van der Waals surface area contributed by atoms with E-state index in [2.05, 4.69) is 0 Å². The molecule has 1 rings (SSSR count). The maximum absolute atomic E-state index is 9.56. The van der Waals surface area contributed by atoms with Crippen LogP contribution < -0.4 is 0 Å². The van der Waals surface area contributed by atoms with Crippen LogP contribution in [0.1, 0.15) is 13.3 Å². The standard InChI is InChI=1S/C8H16O4/c1-5-8(11-3)6(9)4-7(10-2)12-5/h5-9H,4H2,1-3H3. The lowest BCUT2D eigenvalue weighted by molar-refractivity contribution is -0.242. The Bertz CT molecular complexity index is 127. The van der Waals surface area contributed by atoms with Gasteiger partial charge in [-0.25, -0.2) is 0 Å². The Morgan fingerprint density at radius 2 is 2.00 bits per heavy atom. The van der Waals surface area contributed by atoms with Crippen LogP contribution in [0.4, 0.5) is 0 Å². The molecule has 4 unspecified atom stereocenters. The van der Waals surface area contributed by atoms with E-state index in [1.54, 1.807) is 14.2 Å². The summed E-state index contributed by atoms with van der Waals surface area (Å²) in [5.41, 5.74) is 0. The van der Waals surface area contributed by atoms with Gasteiger partial charge in [-0.2, -0.15) is 0 Å². The molecule has 72 valence electrons. The molecule has 0 aromatic heterocycles. The van der Waals surface area contributed by atoms with Crippen LogP contribution in [0, 0.1) is 0 Å². The summed E-state index contributed by atoms with van der Waals surface area (Å²) in [7, 11) is 3.14. The van der Waals surface area contributed by atoms with E-state index in [0.29, 0.717) is 6.42 Å². The summed E-state index contributed by atoms with van der Waals surface area (Å²) in [6.07, 6.45) is -0.690. The van der Waals surface area contributed by atoms with Gasteiger partial charge < -0.3 is 19.3 Å². The Morgan fingerprint density at radius 3 is 2.42 bits per heavy atom. The van der Waals surface area contributed by atoms with Crippen LogP contribution in [0.3, 0.4) is 0 Å². The summed E-state index contributed by atoms with van der Waals surface area (Å²) in [6, 6.07) is 0. The van der Waals surface area contributed by atoms with Crippen molar-refractivity contribution in [2.45, 2.75) is 37.9 Å². The molecular weight excluding hydrogens is 160 g/mol. The van der Waals surface area contributed by atoms with E-state index < -0.39 is 6.10 Å². The van der Waals surface area contributed by atoms with E-state index in [-0.39, 0.29) is 18.5 Å². The van der Waals surface area contributed by atoms with Crippen LogP contribution in [0.15, 0.2) is 0 Å². The molecule has 0 bridgehead atoms. The van der Waals surface area contributed by atoms with Crippen LogP contribution in [0.25, 0.3) is 0 Å². The largest absolute Gasteiger partial charge is 0.390 e. The Hall–Kier alpha value is -0.160. The fourth-order valence-electron chi connectivity index (χ4n) is 1.52. The molecule has 0 aromatic carbocycles. The quantitative estimate of drug-likeness (QED) is 0.650. The molecule has 4 atom stereocenters. The predicted molar refractivity (Wildman–Crippen MR) is 42.8 cm³/mol. The summed E-state index contributed by atoms with van der Waals surface area (Å²) < 4.78 is 15.5. The lowest BCUT2D eigenvalue weighted by atomic mass is 10.0. The molecule has 4 nitrogen and oxygen atoms in total. The number of aliphatic hydroxyl groups is 1. The van der Waals surface area contributed by atoms with E-state index in [1.807, 2.05) is 6.92 Å². The minimum Gasteiger partial charge on any atom is -0.390 e. The first-order valence-corrected chi connectivity index (χ1v) is 4.08. The highest BCUT2D eigenvalue weighted by atomic mass is 16.7. The molecule has 1 fully saturated rings. The van der Waals surface area contributed by atoms with E-state index in [4.69, 9.17) is 14.2 Å². The number of methoxy groups -OCH3 is 2. The van der Waals surface area contributed by atoms with Gasteiger partial charge in [0.05, 0.1) is 12.2 Å². The molecule has 0 radical (unpaired) electrons. The summed E-state index contributed by atoms with van der Waals surface area (Å²) in [5.74, 6) is 0. The van der Waals surface area contributed by atoms with Crippen LogP contribution in [0.2, 0.25) is 0 Å². The molecule has 0 amide bonds. The van der Waals surface area contributed by atoms with Crippen molar-refractivity contribution in [2.75, 3.05) is 14.2 Å². The zero-order valence-electron chi connectivity index (χ0n) is 7.69. The van der Waals surface area contributed by atoms with E-state index >= 15 is 0 Å². The van der Waals surface area contributed by atoms with Crippen LogP contribution in [0.5, 0.6) is 0 Å². The third-order valence-electron chi connectivity index (χ3n) is 2.18. The van der Waals surface area contributed by atoms with Gasteiger partial charge in [-0.3, -0.25) is 0 Å². The number of rotatable bonds is 2. The summed E-state index contributed by atoms with van der Waals surface area (Å²) in [4.78, 5) is 0. The molecular formula is C8H16O4. The maximum Gasteiger partial charge on any atom is 0.160 e. The molecule has 12 heavy (non-hydrogen) atoms. The molecule has 0 spiro atoms. The molecule has 0 aliphatic carbocycles. The van der Waals surface area contributed by atoms with Gasteiger partial charge in [0, 0.05) is 20.6 Å². The van der Waals surface area contributed by atoms with E-state index in [1.165, 1.54) is 0 Å². The van der Waals surface area contributed by atoms with Gasteiger partial charge in [-0.1, -0.05) is 0 Å². The molecule has 4 heteroatoms. The van der Waals surface area contributed by atoms with Gasteiger partial charge in [0.15, 0.2) is 6.29 Å². The summed E-state index contributed by atoms with van der Waals surface area (Å²) in [5, 5.41) is 9.56. The third kappa shape index (κ3) is 1.95. The SMILES string of the molecule is COC1CC(O)C(OC)C(C)O1. The van der Waals surface area contributed by atoms with Crippen LogP contribution >= 0.6 is 0 Å². The van der Waals surface area contributed by atoms with Gasteiger partial charge in [0.2, 0.25) is 0 Å². The average molecular weight is 176 g/mol. The number of aliphatic hydroxyl groups excluding tert-OH is 1. The second-order valence-electron chi connectivity index (χ2n) is 3.01. The van der Waals surface area contributed by atoms with Crippen molar-refractivity contribution in [1.82, 2.24) is 0 Å². The van der Waals surface area contributed by atoms with Crippen LogP contribution in [-0.2, 0) is 14.2 Å². The highest BCUT2D eigenvalue weighted by Gasteiger charge is 2.35. The Kier molecular flexibility index (Phi) is 3.46. The predicted octanol–water partition coefficient (Wildman–Crippen LogP) is 0.144. The van der Waals surface area contributed by atoms with Crippen molar-refractivity contribution in [3.63, 3.8) is 0 Å². The normalized spacial score (nSPS) is 43.0. The van der Waals surface area contributed by atoms with Gasteiger partial charge in [-0.15, -0.1) is 0 Å². The minimum absolute atomic E-state index is 0.122. The van der Waals surface area contributed by atoms with Crippen molar-refractivity contribution < 1.29 is 19.3 Å². The zero-order chi connectivity index (χ0) is 9.14. The Balaban J connectivity index is 2.51. The molecule has 1 aliphatic rings. The smallest absolute Gasteiger partial charge is 0.160 e. The number of ether oxygens (including phenoxy) is 3. The highest BCUT2D eigenvalue weighted by molar-refractivity contribution is 4.81. The van der Waals surface area contributed by atoms with Gasteiger partial charge in [0.1, 0.15) is 6.10 Å². The van der Waals surface area contributed by atoms with Crippen LogP contribution in [-0.4, -0.2) is 43.9 Å². The Morgan fingerprint density at radius 1 is 1.33 bits per heavy atom. The average Bonchev–Trinajstić information content (AvgIpc) is 2.03. The molecule has 1 N–H and O–H groups in total. The van der Waals surface area contributed by atoms with Gasteiger partial charge in [-0.05, 0) is 6.92 Å². The summed E-state index contributed by atoms with van der Waals surface area (Å²) >= 11 is 0. The topological polar surface area (TPSA) is 47.9 Å². The first-order valence-electron chi connectivity index (χ1n) is 4.08. The zero-order valence-corrected chi connectivity index (χ0v) is 7.69. The van der Waals surface area contributed by atoms with Crippen molar-refractivity contribution >= 4 is 0 Å². The minimum atomic E-state index is -0.497. The highest BCUT2D eigenvalue weighted by Crippen LogP contribution is 2.22. The fraction of sp³-hybridized carbons (Fsp3) is 1.00. The van der Waals surface area contributed by atoms with Gasteiger partial charge in [0.25, 0.3) is 0 Å². The molecule has 1 aliphatic heterocycles. The van der Waals surface area contributed by atoms with Crippen molar-refractivity contribution in [1.29, 1.82) is 0 Å².